The molecule has 47 heavy (non-hydrogen) atoms. The van der Waals surface area contributed by atoms with Gasteiger partial charge >= 0.3 is 12.1 Å². The zero-order chi connectivity index (χ0) is 33.2. The van der Waals surface area contributed by atoms with Gasteiger partial charge in [0.15, 0.2) is 5.82 Å². The number of benzene rings is 3. The molecule has 0 spiro atoms. The van der Waals surface area contributed by atoms with Crippen molar-refractivity contribution in [2.75, 3.05) is 34.8 Å². The first kappa shape index (κ1) is 31.3. The molecule has 2 aliphatic heterocycles. The van der Waals surface area contributed by atoms with Crippen molar-refractivity contribution in [1.29, 1.82) is 0 Å². The van der Waals surface area contributed by atoms with Crippen LogP contribution in [0, 0.1) is 30.3 Å². The third-order valence-corrected chi connectivity index (χ3v) is 8.26. The van der Waals surface area contributed by atoms with E-state index in [1.165, 1.54) is 30.3 Å². The molecule has 1 aromatic heterocycles. The Kier molecular flexibility index (Phi) is 8.66. The first-order chi connectivity index (χ1) is 22.6. The van der Waals surface area contributed by atoms with Crippen molar-refractivity contribution in [1.82, 2.24) is 20.6 Å². The number of halogens is 3. The van der Waals surface area contributed by atoms with Gasteiger partial charge in [-0.25, -0.2) is 32.6 Å². The highest BCUT2D eigenvalue weighted by atomic mass is 19.1. The summed E-state index contributed by atoms with van der Waals surface area (Å²) >= 11 is 0. The van der Waals surface area contributed by atoms with Gasteiger partial charge in [-0.3, -0.25) is 4.79 Å². The van der Waals surface area contributed by atoms with Gasteiger partial charge in [-0.15, -0.1) is 0 Å². The van der Waals surface area contributed by atoms with E-state index in [-0.39, 0.29) is 29.8 Å². The predicted octanol–water partition coefficient (Wildman–Crippen LogP) is 5.97. The molecule has 0 radical (unpaired) electrons. The smallest absolute Gasteiger partial charge is 0.404 e. The minimum Gasteiger partial charge on any atom is -0.465 e. The largest absolute Gasteiger partial charge is 0.465 e. The molecular weight excluding hydrogens is 615 g/mol. The number of aromatic nitrogens is 2. The molecule has 11 nitrogen and oxygen atoms in total. The number of amides is 4. The van der Waals surface area contributed by atoms with Crippen LogP contribution >= 0.6 is 0 Å². The summed E-state index contributed by atoms with van der Waals surface area (Å²) in [5.41, 5.74) is 2.08. The highest BCUT2D eigenvalue weighted by Crippen LogP contribution is 2.40. The number of carboxylic acid groups (broad SMARTS) is 1. The molecular formula is C33H30F3N7O4. The van der Waals surface area contributed by atoms with E-state index in [2.05, 4.69) is 20.9 Å². The maximum Gasteiger partial charge on any atom is 0.404 e. The van der Waals surface area contributed by atoms with E-state index in [1.54, 1.807) is 18.2 Å². The first-order valence-electron chi connectivity index (χ1n) is 14.9. The number of carbonyl (C=O) groups is 3. The van der Waals surface area contributed by atoms with Crippen molar-refractivity contribution in [3.63, 3.8) is 0 Å². The number of piperidine rings is 1. The number of aryl methyl sites for hydroxylation is 1. The van der Waals surface area contributed by atoms with Crippen molar-refractivity contribution in [3.8, 4) is 11.3 Å². The average molecular weight is 646 g/mol. The second-order valence-corrected chi connectivity index (χ2v) is 11.3. The van der Waals surface area contributed by atoms with Crippen LogP contribution in [-0.2, 0) is 6.54 Å². The lowest BCUT2D eigenvalue weighted by molar-refractivity contribution is 0.102. The van der Waals surface area contributed by atoms with Crippen LogP contribution < -0.4 is 25.8 Å². The molecule has 6 rings (SSSR count). The van der Waals surface area contributed by atoms with Gasteiger partial charge in [0, 0.05) is 42.0 Å². The van der Waals surface area contributed by atoms with E-state index in [1.807, 2.05) is 11.8 Å². The van der Waals surface area contributed by atoms with Crippen LogP contribution in [0.15, 0.2) is 60.7 Å². The molecule has 4 aromatic rings. The number of nitrogens with one attached hydrogen (secondary N) is 3. The summed E-state index contributed by atoms with van der Waals surface area (Å²) in [6.45, 7) is 2.99. The lowest BCUT2D eigenvalue weighted by Crippen LogP contribution is -2.44. The number of nitrogens with zero attached hydrogens (tertiary/aromatic N) is 4. The van der Waals surface area contributed by atoms with E-state index in [4.69, 9.17) is 10.1 Å². The molecule has 1 saturated heterocycles. The first-order valence-corrected chi connectivity index (χ1v) is 14.9. The quantitative estimate of drug-likeness (QED) is 0.194. The van der Waals surface area contributed by atoms with Crippen LogP contribution in [0.1, 0.15) is 34.3 Å². The second-order valence-electron chi connectivity index (χ2n) is 11.3. The monoisotopic (exact) mass is 645 g/mol. The molecule has 0 aliphatic carbocycles. The van der Waals surface area contributed by atoms with Crippen molar-refractivity contribution in [3.05, 3.63) is 94.8 Å². The molecule has 0 atom stereocenters. The number of rotatable bonds is 7. The summed E-state index contributed by atoms with van der Waals surface area (Å²) in [6, 6.07) is 12.9. The third kappa shape index (κ3) is 6.52. The number of fused-ring (bicyclic) bond motifs is 1. The standard InChI is InChI=1S/C33H30F3N7O4/c1-18-5-6-20(30(44)39-22-9-7-21(34)8-10-22)15-23(18)27-24-17-37-32(45)43(28-25(35)3-2-4-26(28)36)29(24)41-31(40-27)42-13-11-19(12-14-42)16-38-33(46)47/h2-10,15,19,38H,11-14,16-17H2,1H3,(H,37,45)(H,39,44)(H,46,47). The summed E-state index contributed by atoms with van der Waals surface area (Å²) in [6.07, 6.45) is 0.151. The molecule has 1 fully saturated rings. The lowest BCUT2D eigenvalue weighted by atomic mass is 9.96. The number of hydrogen-bond acceptors (Lipinski definition) is 6. The summed E-state index contributed by atoms with van der Waals surface area (Å²) in [5.74, 6) is -2.53. The minimum absolute atomic E-state index is 0.00650. The third-order valence-electron chi connectivity index (χ3n) is 8.26. The van der Waals surface area contributed by atoms with Gasteiger partial charge in [0.1, 0.15) is 23.1 Å². The van der Waals surface area contributed by atoms with E-state index >= 15 is 8.78 Å². The number of hydrogen-bond donors (Lipinski definition) is 4. The fraction of sp³-hybridized carbons (Fsp3) is 0.242. The normalized spacial score (nSPS) is 14.8. The molecule has 14 heteroatoms. The van der Waals surface area contributed by atoms with Gasteiger partial charge in [0.05, 0.1) is 12.2 Å². The van der Waals surface area contributed by atoms with E-state index in [9.17, 15) is 18.8 Å². The molecule has 4 N–H and O–H groups in total. The SMILES string of the molecule is Cc1ccc(C(=O)Nc2ccc(F)cc2)cc1-c1nc(N2CCC(CNC(=O)O)CC2)nc2c1CNC(=O)N2c1c(F)cccc1F. The van der Waals surface area contributed by atoms with E-state index in [0.29, 0.717) is 55.0 Å². The topological polar surface area (TPSA) is 140 Å². The van der Waals surface area contributed by atoms with Gasteiger partial charge in [-0.05, 0) is 79.8 Å². The Morgan fingerprint density at radius 2 is 1.70 bits per heavy atom. The highest BCUT2D eigenvalue weighted by Gasteiger charge is 2.35. The Morgan fingerprint density at radius 3 is 2.38 bits per heavy atom. The molecule has 4 amide bonds. The van der Waals surface area contributed by atoms with Crippen LogP contribution in [0.3, 0.4) is 0 Å². The molecule has 242 valence electrons. The Morgan fingerprint density at radius 1 is 1.00 bits per heavy atom. The van der Waals surface area contributed by atoms with Crippen LogP contribution in [0.4, 0.5) is 45.9 Å². The second kappa shape index (κ2) is 13.0. The van der Waals surface area contributed by atoms with Crippen molar-refractivity contribution in [2.24, 2.45) is 5.92 Å². The maximum atomic E-state index is 15.1. The predicted molar refractivity (Wildman–Crippen MR) is 168 cm³/mol. The fourth-order valence-electron chi connectivity index (χ4n) is 5.75. The fourth-order valence-corrected chi connectivity index (χ4v) is 5.75. The van der Waals surface area contributed by atoms with Gasteiger partial charge < -0.3 is 26.0 Å². The zero-order valence-electron chi connectivity index (χ0n) is 25.2. The molecule has 0 saturated carbocycles. The lowest BCUT2D eigenvalue weighted by Gasteiger charge is -2.35. The Bertz CT molecular complexity index is 1840. The zero-order valence-corrected chi connectivity index (χ0v) is 25.2. The van der Waals surface area contributed by atoms with E-state index in [0.717, 1.165) is 22.6 Å². The molecule has 0 unspecified atom stereocenters. The van der Waals surface area contributed by atoms with Crippen LogP contribution in [0.5, 0.6) is 0 Å². The van der Waals surface area contributed by atoms with Crippen LogP contribution in [0.25, 0.3) is 11.3 Å². The summed E-state index contributed by atoms with van der Waals surface area (Å²) in [4.78, 5) is 49.8. The van der Waals surface area contributed by atoms with Crippen molar-refractivity contribution >= 4 is 41.2 Å². The molecule has 2 aliphatic rings. The number of carbonyl (C=O) groups excluding carboxylic acids is 2. The molecule has 3 heterocycles. The van der Waals surface area contributed by atoms with Gasteiger partial charge in [0.2, 0.25) is 5.95 Å². The Balaban J connectivity index is 1.44. The van der Waals surface area contributed by atoms with Crippen molar-refractivity contribution in [2.45, 2.75) is 26.3 Å². The Hall–Kier alpha value is -5.66. The summed E-state index contributed by atoms with van der Waals surface area (Å²) in [5, 5.41) is 16.8. The molecule has 3 aromatic carbocycles. The van der Waals surface area contributed by atoms with Crippen molar-refractivity contribution < 1.29 is 32.7 Å². The Labute approximate surface area is 267 Å². The molecule has 0 bridgehead atoms. The number of anilines is 4. The maximum absolute atomic E-state index is 15.1. The van der Waals surface area contributed by atoms with Crippen LogP contribution in [-0.4, -0.2) is 52.7 Å². The average Bonchev–Trinajstić information content (AvgIpc) is 3.05. The van der Waals surface area contributed by atoms with E-state index < -0.39 is 41.2 Å². The summed E-state index contributed by atoms with van der Waals surface area (Å²) in [7, 11) is 0. The van der Waals surface area contributed by atoms with Gasteiger partial charge in [0.25, 0.3) is 5.91 Å². The van der Waals surface area contributed by atoms with Gasteiger partial charge in [-0.1, -0.05) is 12.1 Å². The van der Waals surface area contributed by atoms with Gasteiger partial charge in [-0.2, -0.15) is 4.98 Å². The summed E-state index contributed by atoms with van der Waals surface area (Å²) < 4.78 is 43.7. The number of urea groups is 1. The van der Waals surface area contributed by atoms with Crippen LogP contribution in [0.2, 0.25) is 0 Å². The number of para-hydroxylation sites is 1. The minimum atomic E-state index is -1.10. The highest BCUT2D eigenvalue weighted by molar-refractivity contribution is 6.06.